The molecule has 0 aliphatic rings. The van der Waals surface area contributed by atoms with Crippen molar-refractivity contribution in [3.05, 3.63) is 100 Å². The zero-order valence-electron chi connectivity index (χ0n) is 23.6. The Labute approximate surface area is 233 Å². The van der Waals surface area contributed by atoms with Crippen molar-refractivity contribution in [1.82, 2.24) is 0 Å². The molecule has 0 spiro atoms. The van der Waals surface area contributed by atoms with Crippen LogP contribution in [0.1, 0.15) is 83.6 Å². The van der Waals surface area contributed by atoms with Gasteiger partial charge in [0.05, 0.1) is 5.56 Å². The van der Waals surface area contributed by atoms with E-state index in [1.165, 1.54) is 29.8 Å². The van der Waals surface area contributed by atoms with Gasteiger partial charge in [-0.1, -0.05) is 109 Å². The molecule has 0 aliphatic carbocycles. The summed E-state index contributed by atoms with van der Waals surface area (Å²) in [6.07, 6.45) is -8.86. The SMILES string of the molecule is CC(C)(C)c1cccc(Cl)c1.CC(C)(C)c1cccc(OC(F)(F)F)c1.CC(C)c1cccc(C(F)(F)F)c1. The topological polar surface area (TPSA) is 9.23 Å². The first-order chi connectivity index (χ1) is 17.6. The molecule has 0 amide bonds. The normalized spacial score (nSPS) is 12.2. The van der Waals surface area contributed by atoms with E-state index in [-0.39, 0.29) is 22.5 Å². The van der Waals surface area contributed by atoms with Gasteiger partial charge in [-0.25, -0.2) is 0 Å². The molecule has 1 nitrogen and oxygen atoms in total. The van der Waals surface area contributed by atoms with Crippen LogP contribution in [0.3, 0.4) is 0 Å². The Bertz CT molecular complexity index is 1170. The fourth-order valence-electron chi connectivity index (χ4n) is 3.19. The molecule has 0 aromatic heterocycles. The Morgan fingerprint density at radius 3 is 1.49 bits per heavy atom. The van der Waals surface area contributed by atoms with Crippen molar-refractivity contribution in [1.29, 1.82) is 0 Å². The second-order valence-electron chi connectivity index (χ2n) is 11.4. The Hall–Kier alpha value is -2.67. The van der Waals surface area contributed by atoms with Gasteiger partial charge in [-0.3, -0.25) is 0 Å². The average molecular weight is 575 g/mol. The van der Waals surface area contributed by atoms with Crippen LogP contribution in [0.15, 0.2) is 72.8 Å². The van der Waals surface area contributed by atoms with Gasteiger partial charge < -0.3 is 4.74 Å². The Balaban J connectivity index is 0.000000296. The Morgan fingerprint density at radius 1 is 0.615 bits per heavy atom. The van der Waals surface area contributed by atoms with Gasteiger partial charge in [0, 0.05) is 5.02 Å². The molecule has 216 valence electrons. The first kappa shape index (κ1) is 34.4. The summed E-state index contributed by atoms with van der Waals surface area (Å²) in [5, 5.41) is 0.817. The summed E-state index contributed by atoms with van der Waals surface area (Å²) in [6.45, 7) is 16.1. The highest BCUT2D eigenvalue weighted by Gasteiger charge is 2.31. The van der Waals surface area contributed by atoms with Crippen LogP contribution in [-0.2, 0) is 17.0 Å². The van der Waals surface area contributed by atoms with Crippen LogP contribution in [-0.4, -0.2) is 6.36 Å². The highest BCUT2D eigenvalue weighted by molar-refractivity contribution is 6.30. The molecular formula is C31H37ClF6O. The van der Waals surface area contributed by atoms with Gasteiger partial charge in [0.15, 0.2) is 0 Å². The van der Waals surface area contributed by atoms with Crippen LogP contribution in [0.2, 0.25) is 5.02 Å². The molecule has 39 heavy (non-hydrogen) atoms. The summed E-state index contributed by atoms with van der Waals surface area (Å²) in [4.78, 5) is 0. The van der Waals surface area contributed by atoms with Gasteiger partial charge >= 0.3 is 12.5 Å². The third-order valence-corrected chi connectivity index (χ3v) is 5.74. The molecule has 0 saturated carbocycles. The smallest absolute Gasteiger partial charge is 0.406 e. The molecule has 0 N–H and O–H groups in total. The van der Waals surface area contributed by atoms with E-state index in [0.29, 0.717) is 0 Å². The maximum Gasteiger partial charge on any atom is 0.573 e. The summed E-state index contributed by atoms with van der Waals surface area (Å²) in [5.41, 5.74) is 2.25. The van der Waals surface area contributed by atoms with E-state index in [4.69, 9.17) is 11.6 Å². The van der Waals surface area contributed by atoms with E-state index in [1.54, 1.807) is 18.2 Å². The van der Waals surface area contributed by atoms with Crippen LogP contribution >= 0.6 is 11.6 Å². The quantitative estimate of drug-likeness (QED) is 0.277. The molecule has 0 aliphatic heterocycles. The predicted octanol–water partition coefficient (Wildman–Crippen LogP) is 11.3. The number of halogens is 7. The molecule has 0 saturated heterocycles. The van der Waals surface area contributed by atoms with Gasteiger partial charge in [-0.2, -0.15) is 13.2 Å². The maximum atomic E-state index is 12.2. The van der Waals surface area contributed by atoms with Gasteiger partial charge in [0.1, 0.15) is 5.75 Å². The van der Waals surface area contributed by atoms with E-state index < -0.39 is 18.1 Å². The van der Waals surface area contributed by atoms with Gasteiger partial charge in [0.25, 0.3) is 0 Å². The van der Waals surface area contributed by atoms with Crippen LogP contribution < -0.4 is 4.74 Å². The number of rotatable bonds is 2. The van der Waals surface area contributed by atoms with E-state index in [9.17, 15) is 26.3 Å². The van der Waals surface area contributed by atoms with E-state index in [2.05, 4.69) is 31.6 Å². The minimum absolute atomic E-state index is 0.127. The summed E-state index contributed by atoms with van der Waals surface area (Å²) < 4.78 is 76.4. The van der Waals surface area contributed by atoms with Crippen molar-refractivity contribution in [2.24, 2.45) is 0 Å². The number of hydrogen-bond donors (Lipinski definition) is 0. The fraction of sp³-hybridized carbons (Fsp3) is 0.419. The lowest BCUT2D eigenvalue weighted by atomic mass is 9.87. The summed E-state index contributed by atoms with van der Waals surface area (Å²) in [6, 6.07) is 19.5. The standard InChI is InChI=1S/C11H13F3O.C10H13Cl.C10H11F3/c1-10(2,3)8-5-4-6-9(7-8)15-11(12,13)14;1-10(2,3)8-5-4-6-9(11)7-8;1-7(2)8-4-3-5-9(6-8)10(11,12)13/h4-7H,1-3H3;4-7H,1-3H3;3-7H,1-2H3. The van der Waals surface area contributed by atoms with Crippen molar-refractivity contribution < 1.29 is 31.1 Å². The van der Waals surface area contributed by atoms with Gasteiger partial charge in [-0.05, 0) is 63.8 Å². The third kappa shape index (κ3) is 13.3. The molecule has 0 bridgehead atoms. The zero-order chi connectivity index (χ0) is 30.2. The van der Waals surface area contributed by atoms with Crippen molar-refractivity contribution in [2.75, 3.05) is 0 Å². The fourth-order valence-corrected chi connectivity index (χ4v) is 3.38. The largest absolute Gasteiger partial charge is 0.573 e. The van der Waals surface area contributed by atoms with Crippen LogP contribution in [0, 0.1) is 0 Å². The highest BCUT2D eigenvalue weighted by atomic mass is 35.5. The summed E-state index contributed by atoms with van der Waals surface area (Å²) in [5.74, 6) is -0.0442. The Kier molecular flexibility index (Phi) is 12.0. The molecule has 3 aromatic carbocycles. The van der Waals surface area contributed by atoms with Crippen molar-refractivity contribution in [3.8, 4) is 5.75 Å². The molecule has 0 unspecified atom stereocenters. The van der Waals surface area contributed by atoms with Gasteiger partial charge in [0.2, 0.25) is 0 Å². The molecule has 0 fully saturated rings. The summed E-state index contributed by atoms with van der Waals surface area (Å²) in [7, 11) is 0. The second kappa shape index (κ2) is 13.6. The number of alkyl halides is 6. The lowest BCUT2D eigenvalue weighted by Crippen LogP contribution is -2.18. The highest BCUT2D eigenvalue weighted by Crippen LogP contribution is 2.31. The minimum Gasteiger partial charge on any atom is -0.406 e. The van der Waals surface area contributed by atoms with Crippen molar-refractivity contribution in [2.45, 2.75) is 84.7 Å². The van der Waals surface area contributed by atoms with Crippen molar-refractivity contribution >= 4 is 11.6 Å². The first-order valence-electron chi connectivity index (χ1n) is 12.4. The van der Waals surface area contributed by atoms with E-state index >= 15 is 0 Å². The lowest BCUT2D eigenvalue weighted by molar-refractivity contribution is -0.274. The van der Waals surface area contributed by atoms with E-state index in [0.717, 1.165) is 22.2 Å². The van der Waals surface area contributed by atoms with Crippen LogP contribution in [0.5, 0.6) is 5.75 Å². The van der Waals surface area contributed by atoms with Crippen LogP contribution in [0.25, 0.3) is 0 Å². The molecular weight excluding hydrogens is 538 g/mol. The molecule has 8 heteroatoms. The number of benzene rings is 3. The molecule has 0 radical (unpaired) electrons. The van der Waals surface area contributed by atoms with E-state index in [1.807, 2.05) is 52.8 Å². The second-order valence-corrected chi connectivity index (χ2v) is 11.8. The summed E-state index contributed by atoms with van der Waals surface area (Å²) >= 11 is 5.85. The lowest BCUT2D eigenvalue weighted by Gasteiger charge is -2.20. The Morgan fingerprint density at radius 2 is 1.08 bits per heavy atom. The van der Waals surface area contributed by atoms with Crippen LogP contribution in [0.4, 0.5) is 26.3 Å². The molecule has 0 atom stereocenters. The molecule has 0 heterocycles. The zero-order valence-corrected chi connectivity index (χ0v) is 24.3. The first-order valence-corrected chi connectivity index (χ1v) is 12.8. The third-order valence-electron chi connectivity index (χ3n) is 5.50. The predicted molar refractivity (Wildman–Crippen MR) is 148 cm³/mol. The monoisotopic (exact) mass is 574 g/mol. The number of hydrogen-bond acceptors (Lipinski definition) is 1. The van der Waals surface area contributed by atoms with Crippen molar-refractivity contribution in [3.63, 3.8) is 0 Å². The maximum absolute atomic E-state index is 12.2. The van der Waals surface area contributed by atoms with Gasteiger partial charge in [-0.15, -0.1) is 13.2 Å². The number of ether oxygens (including phenoxy) is 1. The molecule has 3 aromatic rings. The molecule has 3 rings (SSSR count). The average Bonchev–Trinajstić information content (AvgIpc) is 2.77. The minimum atomic E-state index is -4.63.